The van der Waals surface area contributed by atoms with Crippen LogP contribution in [0.25, 0.3) is 11.1 Å². The molecule has 0 fully saturated rings. The second-order valence-electron chi connectivity index (χ2n) is 4.72. The fourth-order valence-electron chi connectivity index (χ4n) is 2.53. The Morgan fingerprint density at radius 3 is 2.22 bits per heavy atom. The predicted octanol–water partition coefficient (Wildman–Crippen LogP) is 3.49. The van der Waals surface area contributed by atoms with Gasteiger partial charge in [-0.2, -0.15) is 8.78 Å². The van der Waals surface area contributed by atoms with Gasteiger partial charge in [-0.05, 0) is 24.1 Å². The number of halogens is 2. The van der Waals surface area contributed by atoms with Crippen molar-refractivity contribution in [1.82, 2.24) is 0 Å². The van der Waals surface area contributed by atoms with Crippen molar-refractivity contribution in [3.05, 3.63) is 53.1 Å². The lowest BCUT2D eigenvalue weighted by atomic mass is 9.72. The average Bonchev–Trinajstić information content (AvgIpc) is 2.58. The molecule has 0 aromatic heterocycles. The lowest BCUT2D eigenvalue weighted by molar-refractivity contribution is 0.0480. The Bertz CT molecular complexity index is 632. The molecule has 0 nitrogen and oxygen atoms in total. The molecule has 89 valence electrons. The smallest absolute Gasteiger partial charge is 0.196 e. The number of aryl methyl sites for hydroxylation is 1. The van der Waals surface area contributed by atoms with Gasteiger partial charge < -0.3 is 0 Å². The minimum atomic E-state index is -2.88. The van der Waals surface area contributed by atoms with Crippen LogP contribution in [-0.4, -0.2) is 7.28 Å². The highest BCUT2D eigenvalue weighted by Gasteiger charge is 2.44. The maximum Gasteiger partial charge on any atom is 0.299 e. The quantitative estimate of drug-likeness (QED) is 0.670. The van der Waals surface area contributed by atoms with Crippen LogP contribution in [0.5, 0.6) is 0 Å². The fourth-order valence-corrected chi connectivity index (χ4v) is 2.53. The topological polar surface area (TPSA) is 0 Å². The van der Waals surface area contributed by atoms with E-state index in [2.05, 4.69) is 0 Å². The maximum atomic E-state index is 14.4. The molecule has 0 heterocycles. The van der Waals surface area contributed by atoms with E-state index in [1.54, 1.807) is 24.3 Å². The zero-order chi connectivity index (χ0) is 12.9. The molecule has 3 heteroatoms. The lowest BCUT2D eigenvalue weighted by Gasteiger charge is -2.13. The average molecular weight is 241 g/mol. The third-order valence-corrected chi connectivity index (χ3v) is 3.52. The van der Waals surface area contributed by atoms with Gasteiger partial charge in [0.25, 0.3) is 5.92 Å². The zero-order valence-electron chi connectivity index (χ0n) is 10.3. The monoisotopic (exact) mass is 241 g/mol. The summed E-state index contributed by atoms with van der Waals surface area (Å²) < 4.78 is 28.8. The maximum absolute atomic E-state index is 14.4. The van der Waals surface area contributed by atoms with Crippen LogP contribution < -0.4 is 5.46 Å². The molecule has 0 amide bonds. The summed E-state index contributed by atoms with van der Waals surface area (Å²) in [5, 5.41) is 0. The molecule has 0 spiro atoms. The number of alkyl halides is 2. The van der Waals surface area contributed by atoms with E-state index >= 15 is 0 Å². The predicted molar refractivity (Wildman–Crippen MR) is 70.9 cm³/mol. The van der Waals surface area contributed by atoms with Gasteiger partial charge in [0.05, 0.1) is 0 Å². The first-order chi connectivity index (χ1) is 8.54. The minimum Gasteiger partial charge on any atom is -0.196 e. The van der Waals surface area contributed by atoms with Gasteiger partial charge in [0.2, 0.25) is 0 Å². The van der Waals surface area contributed by atoms with Gasteiger partial charge in [0.1, 0.15) is 7.28 Å². The fraction of sp³-hybridized carbons (Fsp3) is 0.200. The van der Waals surface area contributed by atoms with Crippen LogP contribution in [0.15, 0.2) is 36.4 Å². The Morgan fingerprint density at radius 2 is 1.56 bits per heavy atom. The molecule has 1 aliphatic rings. The second-order valence-corrected chi connectivity index (χ2v) is 4.72. The molecule has 0 bridgehead atoms. The van der Waals surface area contributed by atoms with Gasteiger partial charge in [0, 0.05) is 11.1 Å². The van der Waals surface area contributed by atoms with Gasteiger partial charge in [-0.1, -0.05) is 48.2 Å². The SMILES string of the molecule is C[B]c1ccc2c(c1)C(F)(F)c1cc(C)ccc1-2. The van der Waals surface area contributed by atoms with E-state index < -0.39 is 5.92 Å². The number of hydrogen-bond acceptors (Lipinski definition) is 0. The van der Waals surface area contributed by atoms with Crippen molar-refractivity contribution in [2.75, 3.05) is 0 Å². The molecule has 2 aromatic rings. The van der Waals surface area contributed by atoms with Gasteiger partial charge in [-0.25, -0.2) is 0 Å². The molecule has 1 aliphatic carbocycles. The highest BCUT2D eigenvalue weighted by atomic mass is 19.3. The van der Waals surface area contributed by atoms with Crippen LogP contribution >= 0.6 is 0 Å². The van der Waals surface area contributed by atoms with Crippen molar-refractivity contribution < 1.29 is 8.78 Å². The second kappa shape index (κ2) is 3.68. The van der Waals surface area contributed by atoms with Gasteiger partial charge in [-0.15, -0.1) is 0 Å². The first kappa shape index (κ1) is 11.5. The molecule has 3 rings (SSSR count). The molecule has 0 atom stereocenters. The Kier molecular flexibility index (Phi) is 2.34. The van der Waals surface area contributed by atoms with Gasteiger partial charge in [0.15, 0.2) is 0 Å². The van der Waals surface area contributed by atoms with E-state index in [1.807, 2.05) is 33.2 Å². The first-order valence-electron chi connectivity index (χ1n) is 5.97. The van der Waals surface area contributed by atoms with Crippen molar-refractivity contribution in [3.8, 4) is 11.1 Å². The summed E-state index contributed by atoms with van der Waals surface area (Å²) in [4.78, 5) is 0. The van der Waals surface area contributed by atoms with Crippen molar-refractivity contribution >= 4 is 12.7 Å². The third-order valence-electron chi connectivity index (χ3n) is 3.52. The molecule has 0 unspecified atom stereocenters. The van der Waals surface area contributed by atoms with Crippen molar-refractivity contribution in [2.24, 2.45) is 0 Å². The highest BCUT2D eigenvalue weighted by Crippen LogP contribution is 2.50. The van der Waals surface area contributed by atoms with E-state index in [0.717, 1.165) is 11.0 Å². The van der Waals surface area contributed by atoms with Crippen LogP contribution in [-0.2, 0) is 5.92 Å². The number of rotatable bonds is 1. The van der Waals surface area contributed by atoms with Gasteiger partial charge in [-0.3, -0.25) is 0 Å². The minimum absolute atomic E-state index is 0.124. The molecular formula is C15H12BF2. The Morgan fingerprint density at radius 1 is 0.944 bits per heavy atom. The number of fused-ring (bicyclic) bond motifs is 3. The summed E-state index contributed by atoms with van der Waals surface area (Å²) in [5.74, 6) is -2.88. The summed E-state index contributed by atoms with van der Waals surface area (Å²) in [6.45, 7) is 3.69. The van der Waals surface area contributed by atoms with E-state index in [4.69, 9.17) is 0 Å². The van der Waals surface area contributed by atoms with Crippen LogP contribution in [0.4, 0.5) is 8.78 Å². The van der Waals surface area contributed by atoms with Crippen LogP contribution in [0.3, 0.4) is 0 Å². The Labute approximate surface area is 106 Å². The van der Waals surface area contributed by atoms with E-state index in [1.165, 1.54) is 0 Å². The van der Waals surface area contributed by atoms with Crippen molar-refractivity contribution in [3.63, 3.8) is 0 Å². The molecule has 0 N–H and O–H groups in total. The normalized spacial score (nSPS) is 15.1. The van der Waals surface area contributed by atoms with Crippen molar-refractivity contribution in [1.29, 1.82) is 0 Å². The van der Waals surface area contributed by atoms with Crippen LogP contribution in [0.1, 0.15) is 16.7 Å². The highest BCUT2D eigenvalue weighted by molar-refractivity contribution is 6.52. The Hall–Kier alpha value is -1.64. The largest absolute Gasteiger partial charge is 0.299 e. The molecule has 2 aromatic carbocycles. The first-order valence-corrected chi connectivity index (χ1v) is 5.97. The lowest BCUT2D eigenvalue weighted by Crippen LogP contribution is -2.16. The van der Waals surface area contributed by atoms with Crippen LogP contribution in [0, 0.1) is 6.92 Å². The molecule has 1 radical (unpaired) electrons. The summed E-state index contributed by atoms with van der Waals surface area (Å²) in [6, 6.07) is 10.5. The van der Waals surface area contributed by atoms with Gasteiger partial charge >= 0.3 is 0 Å². The Balaban J connectivity index is 2.31. The van der Waals surface area contributed by atoms with E-state index in [-0.39, 0.29) is 11.1 Å². The number of benzene rings is 2. The molecule has 0 aliphatic heterocycles. The standard InChI is InChI=1S/C15H12BF2/c1-9-3-5-11-12-6-4-10(16-2)8-14(12)15(17,18)13(11)7-9/h3-8H,1-2H3. The van der Waals surface area contributed by atoms with Crippen molar-refractivity contribution in [2.45, 2.75) is 19.7 Å². The third kappa shape index (κ3) is 1.43. The summed E-state index contributed by atoms with van der Waals surface area (Å²) >= 11 is 0. The summed E-state index contributed by atoms with van der Waals surface area (Å²) in [7, 11) is 1.84. The zero-order valence-corrected chi connectivity index (χ0v) is 10.3. The molecule has 0 saturated heterocycles. The molecular weight excluding hydrogens is 229 g/mol. The van der Waals surface area contributed by atoms with Crippen LogP contribution in [0.2, 0.25) is 6.82 Å². The van der Waals surface area contributed by atoms with E-state index in [9.17, 15) is 8.78 Å². The molecule has 0 saturated carbocycles. The van der Waals surface area contributed by atoms with E-state index in [0.29, 0.717) is 11.1 Å². The summed E-state index contributed by atoms with van der Waals surface area (Å²) in [6.07, 6.45) is 0. The number of hydrogen-bond donors (Lipinski definition) is 0. The summed E-state index contributed by atoms with van der Waals surface area (Å²) in [5.41, 5.74) is 3.26. The molecule has 18 heavy (non-hydrogen) atoms.